The number of halogens is 1. The van der Waals surface area contributed by atoms with Gasteiger partial charge >= 0.3 is 5.97 Å². The van der Waals surface area contributed by atoms with Gasteiger partial charge in [0.2, 0.25) is 0 Å². The van der Waals surface area contributed by atoms with Gasteiger partial charge < -0.3 is 14.8 Å². The molecule has 1 aromatic rings. The minimum Gasteiger partial charge on any atom is -0.478 e. The molecule has 6 heteroatoms. The Bertz CT molecular complexity index is 567. The van der Waals surface area contributed by atoms with Crippen LogP contribution < -0.4 is 10.1 Å². The number of methoxy groups -OCH3 is 1. The first kappa shape index (κ1) is 16.7. The number of carbonyl (C=O) groups excluding carboxylic acids is 2. The Balaban J connectivity index is 2.75. The fourth-order valence-corrected chi connectivity index (χ4v) is 1.47. The zero-order valence-electron chi connectivity index (χ0n) is 12.4. The number of benzene rings is 1. The van der Waals surface area contributed by atoms with Crippen LogP contribution in [0, 0.1) is 5.82 Å². The van der Waals surface area contributed by atoms with Gasteiger partial charge in [-0.15, -0.1) is 0 Å². The lowest BCUT2D eigenvalue weighted by Crippen LogP contribution is -2.46. The summed E-state index contributed by atoms with van der Waals surface area (Å²) in [6, 6.07) is 5.51. The van der Waals surface area contributed by atoms with Crippen LogP contribution in [-0.4, -0.2) is 24.6 Å². The number of allylic oxidation sites excluding steroid dienone is 1. The number of hydrogen-bond acceptors (Lipinski definition) is 4. The highest BCUT2D eigenvalue weighted by Crippen LogP contribution is 2.19. The lowest BCUT2D eigenvalue weighted by Gasteiger charge is -2.25. The van der Waals surface area contributed by atoms with E-state index in [9.17, 15) is 14.0 Å². The van der Waals surface area contributed by atoms with Crippen LogP contribution in [0.25, 0.3) is 0 Å². The molecule has 0 aliphatic heterocycles. The molecule has 1 rings (SSSR count). The second-order valence-corrected chi connectivity index (χ2v) is 4.87. The van der Waals surface area contributed by atoms with Crippen molar-refractivity contribution in [2.24, 2.45) is 0 Å². The van der Waals surface area contributed by atoms with E-state index in [1.807, 2.05) is 0 Å². The molecule has 0 bridgehead atoms. The highest BCUT2D eigenvalue weighted by Gasteiger charge is 2.30. The molecule has 1 amide bonds. The predicted octanol–water partition coefficient (Wildman–Crippen LogP) is 2.18. The van der Waals surface area contributed by atoms with E-state index in [1.165, 1.54) is 25.3 Å². The Morgan fingerprint density at radius 2 is 2.00 bits per heavy atom. The molecule has 0 fully saturated rings. The molecule has 0 saturated heterocycles. The van der Waals surface area contributed by atoms with Crippen molar-refractivity contribution in [3.8, 4) is 5.75 Å². The van der Waals surface area contributed by atoms with Gasteiger partial charge in [-0.25, -0.2) is 9.18 Å². The summed E-state index contributed by atoms with van der Waals surface area (Å²) in [5.41, 5.74) is -0.915. The third-order valence-corrected chi connectivity index (χ3v) is 2.56. The Labute approximate surface area is 122 Å². The predicted molar refractivity (Wildman–Crippen MR) is 75.0 cm³/mol. The zero-order chi connectivity index (χ0) is 16.0. The number of amides is 1. The van der Waals surface area contributed by atoms with Gasteiger partial charge in [-0.3, -0.25) is 4.79 Å². The number of rotatable bonds is 5. The largest absolute Gasteiger partial charge is 0.478 e. The van der Waals surface area contributed by atoms with Crippen molar-refractivity contribution in [2.45, 2.75) is 26.4 Å². The van der Waals surface area contributed by atoms with Gasteiger partial charge in [0, 0.05) is 17.8 Å². The molecule has 0 spiro atoms. The third kappa shape index (κ3) is 5.25. The maximum Gasteiger partial charge on any atom is 0.332 e. The highest BCUT2D eigenvalue weighted by molar-refractivity contribution is 5.88. The molecule has 114 valence electrons. The molecule has 0 saturated carbocycles. The van der Waals surface area contributed by atoms with Crippen LogP contribution in [0.15, 0.2) is 36.0 Å². The van der Waals surface area contributed by atoms with Crippen molar-refractivity contribution in [2.75, 3.05) is 7.11 Å². The molecule has 1 aromatic carbocycles. The molecule has 0 unspecified atom stereocenters. The average molecular weight is 295 g/mol. The van der Waals surface area contributed by atoms with Crippen LogP contribution in [0.5, 0.6) is 5.75 Å². The summed E-state index contributed by atoms with van der Waals surface area (Å²) in [5.74, 6) is -1.25. The van der Waals surface area contributed by atoms with E-state index in [-0.39, 0.29) is 5.75 Å². The fourth-order valence-electron chi connectivity index (χ4n) is 1.47. The van der Waals surface area contributed by atoms with Crippen LogP contribution in [0.1, 0.15) is 20.8 Å². The number of ether oxygens (including phenoxy) is 2. The van der Waals surface area contributed by atoms with Crippen LogP contribution in [0.2, 0.25) is 0 Å². The molecule has 1 N–H and O–H groups in total. The van der Waals surface area contributed by atoms with Crippen molar-refractivity contribution >= 4 is 11.9 Å². The molecule has 0 atom stereocenters. The first-order valence-electron chi connectivity index (χ1n) is 6.27. The van der Waals surface area contributed by atoms with Crippen LogP contribution in [-0.2, 0) is 14.3 Å². The minimum absolute atomic E-state index is 0.241. The van der Waals surface area contributed by atoms with E-state index in [0.29, 0.717) is 5.70 Å². The summed E-state index contributed by atoms with van der Waals surface area (Å²) in [7, 11) is 1.24. The molecule has 0 aromatic heterocycles. The van der Waals surface area contributed by atoms with Gasteiger partial charge in [0.25, 0.3) is 5.91 Å². The SMILES string of the molecule is COC(=O)C=C(C)NC(=O)C(C)(C)Oc1cccc(F)c1. The normalized spacial score (nSPS) is 11.8. The molecule has 0 radical (unpaired) electrons. The van der Waals surface area contributed by atoms with E-state index >= 15 is 0 Å². The Morgan fingerprint density at radius 1 is 1.33 bits per heavy atom. The summed E-state index contributed by atoms with van der Waals surface area (Å²) in [6.45, 7) is 4.63. The molecule has 0 aliphatic carbocycles. The molecule has 0 heterocycles. The third-order valence-electron chi connectivity index (χ3n) is 2.56. The molecular weight excluding hydrogens is 277 g/mol. The van der Waals surface area contributed by atoms with Crippen LogP contribution >= 0.6 is 0 Å². The van der Waals surface area contributed by atoms with Gasteiger partial charge in [-0.1, -0.05) is 6.07 Å². The summed E-state index contributed by atoms with van der Waals surface area (Å²) in [4.78, 5) is 23.2. The van der Waals surface area contributed by atoms with E-state index < -0.39 is 23.3 Å². The van der Waals surface area contributed by atoms with Gasteiger partial charge in [-0.05, 0) is 32.9 Å². The maximum absolute atomic E-state index is 13.1. The molecule has 0 aliphatic rings. The Kier molecular flexibility index (Phi) is 5.46. The van der Waals surface area contributed by atoms with Crippen molar-refractivity contribution in [3.05, 3.63) is 41.9 Å². The summed E-state index contributed by atoms with van der Waals surface area (Å²) in [6.07, 6.45) is 1.15. The summed E-state index contributed by atoms with van der Waals surface area (Å²) >= 11 is 0. The molecule has 5 nitrogen and oxygen atoms in total. The van der Waals surface area contributed by atoms with E-state index in [2.05, 4.69) is 10.1 Å². The standard InChI is InChI=1S/C15H18FNO4/c1-10(8-13(18)20-4)17-14(19)15(2,3)21-12-7-5-6-11(16)9-12/h5-9H,1-4H3,(H,17,19). The number of nitrogens with one attached hydrogen (secondary N) is 1. The van der Waals surface area contributed by atoms with Crippen molar-refractivity contribution in [1.82, 2.24) is 5.32 Å². The van der Waals surface area contributed by atoms with Gasteiger partial charge in [0.05, 0.1) is 7.11 Å². The lowest BCUT2D eigenvalue weighted by atomic mass is 10.1. The number of hydrogen-bond donors (Lipinski definition) is 1. The van der Waals surface area contributed by atoms with Gasteiger partial charge in [0.1, 0.15) is 11.6 Å². The van der Waals surface area contributed by atoms with Crippen molar-refractivity contribution in [3.63, 3.8) is 0 Å². The number of carbonyl (C=O) groups is 2. The molecule has 21 heavy (non-hydrogen) atoms. The van der Waals surface area contributed by atoms with Crippen LogP contribution in [0.3, 0.4) is 0 Å². The zero-order valence-corrected chi connectivity index (χ0v) is 12.4. The second-order valence-electron chi connectivity index (χ2n) is 4.87. The van der Waals surface area contributed by atoms with E-state index in [1.54, 1.807) is 26.8 Å². The van der Waals surface area contributed by atoms with Gasteiger partial charge in [-0.2, -0.15) is 0 Å². The van der Waals surface area contributed by atoms with Crippen molar-refractivity contribution in [1.29, 1.82) is 0 Å². The smallest absolute Gasteiger partial charge is 0.332 e. The first-order valence-corrected chi connectivity index (χ1v) is 6.27. The maximum atomic E-state index is 13.1. The summed E-state index contributed by atoms with van der Waals surface area (Å²) < 4.78 is 23.0. The first-order chi connectivity index (χ1) is 9.74. The van der Waals surface area contributed by atoms with Crippen LogP contribution in [0.4, 0.5) is 4.39 Å². The molecular formula is C15H18FNO4. The topological polar surface area (TPSA) is 64.6 Å². The second kappa shape index (κ2) is 6.88. The van der Waals surface area contributed by atoms with E-state index in [4.69, 9.17) is 4.74 Å². The minimum atomic E-state index is -1.24. The monoisotopic (exact) mass is 295 g/mol. The van der Waals surface area contributed by atoms with E-state index in [0.717, 1.165) is 6.08 Å². The Morgan fingerprint density at radius 3 is 2.57 bits per heavy atom. The lowest BCUT2D eigenvalue weighted by molar-refractivity contribution is -0.134. The highest BCUT2D eigenvalue weighted by atomic mass is 19.1. The van der Waals surface area contributed by atoms with Gasteiger partial charge in [0.15, 0.2) is 5.60 Å². The Hall–Kier alpha value is -2.37. The average Bonchev–Trinajstić information content (AvgIpc) is 2.37. The fraction of sp³-hybridized carbons (Fsp3) is 0.333. The van der Waals surface area contributed by atoms with Crippen molar-refractivity contribution < 1.29 is 23.5 Å². The number of esters is 1. The quantitative estimate of drug-likeness (QED) is 0.668. The summed E-state index contributed by atoms with van der Waals surface area (Å²) in [5, 5.41) is 2.52.